The minimum absolute atomic E-state index is 0.233. The van der Waals surface area contributed by atoms with Crippen LogP contribution in [0.25, 0.3) is 0 Å². The monoisotopic (exact) mass is 386 g/mol. The molecule has 8 heteroatoms. The van der Waals surface area contributed by atoms with Crippen molar-refractivity contribution in [3.63, 3.8) is 0 Å². The molecule has 2 aromatic rings. The Morgan fingerprint density at radius 2 is 2.04 bits per heavy atom. The van der Waals surface area contributed by atoms with E-state index in [0.29, 0.717) is 0 Å². The van der Waals surface area contributed by atoms with Crippen molar-refractivity contribution in [2.24, 2.45) is 0 Å². The van der Waals surface area contributed by atoms with Gasteiger partial charge in [0.1, 0.15) is 5.75 Å². The number of para-hydroxylation sites is 2. The molecule has 0 aliphatic carbocycles. The van der Waals surface area contributed by atoms with Crippen LogP contribution in [-0.2, 0) is 11.3 Å². The molecule has 152 valence electrons. The molecule has 1 aromatic heterocycles. The van der Waals surface area contributed by atoms with E-state index in [1.54, 1.807) is 7.11 Å². The first-order valence-corrected chi connectivity index (χ1v) is 10.3. The summed E-state index contributed by atoms with van der Waals surface area (Å²) in [4.78, 5) is 4.90. The summed E-state index contributed by atoms with van der Waals surface area (Å²) in [7, 11) is 1.73. The highest BCUT2D eigenvalue weighted by atomic mass is 16.5. The number of nitrogens with zero attached hydrogens (tertiary/aromatic N) is 6. The van der Waals surface area contributed by atoms with Gasteiger partial charge in [0, 0.05) is 32.8 Å². The number of anilines is 1. The summed E-state index contributed by atoms with van der Waals surface area (Å²) in [6.07, 6.45) is 3.44. The molecule has 0 bridgehead atoms. The van der Waals surface area contributed by atoms with Gasteiger partial charge in [-0.2, -0.15) is 0 Å². The first-order valence-electron chi connectivity index (χ1n) is 10.3. The van der Waals surface area contributed by atoms with Gasteiger partial charge in [-0.1, -0.05) is 19.1 Å². The zero-order valence-electron chi connectivity index (χ0n) is 16.8. The maximum absolute atomic E-state index is 5.78. The minimum Gasteiger partial charge on any atom is -0.495 e. The second-order valence-electron chi connectivity index (χ2n) is 7.47. The van der Waals surface area contributed by atoms with Gasteiger partial charge in [-0.25, -0.2) is 4.68 Å². The van der Waals surface area contributed by atoms with Crippen LogP contribution in [0.2, 0.25) is 0 Å². The van der Waals surface area contributed by atoms with Crippen LogP contribution in [0.5, 0.6) is 5.75 Å². The van der Waals surface area contributed by atoms with Gasteiger partial charge in [0.25, 0.3) is 0 Å². The van der Waals surface area contributed by atoms with Crippen molar-refractivity contribution in [2.75, 3.05) is 44.8 Å². The van der Waals surface area contributed by atoms with Gasteiger partial charge < -0.3 is 14.4 Å². The lowest BCUT2D eigenvalue weighted by atomic mass is 10.1. The van der Waals surface area contributed by atoms with E-state index < -0.39 is 0 Å². The average Bonchev–Trinajstić information content (AvgIpc) is 3.42. The van der Waals surface area contributed by atoms with E-state index in [-0.39, 0.29) is 12.1 Å². The second kappa shape index (κ2) is 8.87. The minimum atomic E-state index is 0.233. The number of piperazine rings is 1. The fraction of sp³-hybridized carbons (Fsp3) is 0.650. The van der Waals surface area contributed by atoms with Crippen molar-refractivity contribution >= 4 is 5.69 Å². The highest BCUT2D eigenvalue weighted by Gasteiger charge is 2.29. The van der Waals surface area contributed by atoms with Crippen LogP contribution in [0.3, 0.4) is 0 Å². The Bertz CT molecular complexity index is 753. The number of ether oxygens (including phenoxy) is 2. The van der Waals surface area contributed by atoms with Crippen LogP contribution in [0.15, 0.2) is 24.3 Å². The Labute approximate surface area is 166 Å². The highest BCUT2D eigenvalue weighted by Crippen LogP contribution is 2.30. The number of benzene rings is 1. The fourth-order valence-corrected chi connectivity index (χ4v) is 4.33. The molecule has 8 nitrogen and oxygen atoms in total. The van der Waals surface area contributed by atoms with Gasteiger partial charge in [-0.15, -0.1) is 5.10 Å². The molecule has 0 radical (unpaired) electrons. The summed E-state index contributed by atoms with van der Waals surface area (Å²) in [5, 5.41) is 12.6. The van der Waals surface area contributed by atoms with Gasteiger partial charge in [-0.3, -0.25) is 4.90 Å². The molecule has 1 aromatic carbocycles. The van der Waals surface area contributed by atoms with Crippen LogP contribution < -0.4 is 9.64 Å². The molecule has 0 amide bonds. The first kappa shape index (κ1) is 19.1. The third-order valence-electron chi connectivity index (χ3n) is 5.83. The van der Waals surface area contributed by atoms with E-state index in [1.807, 2.05) is 16.8 Å². The van der Waals surface area contributed by atoms with Crippen molar-refractivity contribution < 1.29 is 9.47 Å². The molecular weight excluding hydrogens is 356 g/mol. The largest absolute Gasteiger partial charge is 0.495 e. The van der Waals surface area contributed by atoms with Crippen LogP contribution in [0.4, 0.5) is 5.69 Å². The number of hydrogen-bond acceptors (Lipinski definition) is 7. The smallest absolute Gasteiger partial charge is 0.168 e. The Kier molecular flexibility index (Phi) is 6.07. The lowest BCUT2D eigenvalue weighted by molar-refractivity contribution is 0.0894. The number of methoxy groups -OCH3 is 1. The van der Waals surface area contributed by atoms with Crippen molar-refractivity contribution in [3.05, 3.63) is 30.1 Å². The Hall–Kier alpha value is -2.19. The number of hydrogen-bond donors (Lipinski definition) is 0. The van der Waals surface area contributed by atoms with E-state index in [9.17, 15) is 0 Å². The number of aromatic nitrogens is 4. The SMILES string of the molecule is CC[C@H](c1nnnn1C[C@H]1CCCO1)N1CCN(c2ccccc2OC)CC1. The highest BCUT2D eigenvalue weighted by molar-refractivity contribution is 5.58. The van der Waals surface area contributed by atoms with Gasteiger partial charge >= 0.3 is 0 Å². The molecule has 0 spiro atoms. The average molecular weight is 387 g/mol. The van der Waals surface area contributed by atoms with Crippen LogP contribution in [0, 0.1) is 0 Å². The molecule has 0 saturated carbocycles. The van der Waals surface area contributed by atoms with Crippen molar-refractivity contribution in [1.82, 2.24) is 25.1 Å². The van der Waals surface area contributed by atoms with Gasteiger partial charge in [0.15, 0.2) is 5.82 Å². The Balaban J connectivity index is 1.42. The number of tetrazole rings is 1. The maximum Gasteiger partial charge on any atom is 0.168 e. The molecule has 2 fully saturated rings. The van der Waals surface area contributed by atoms with Crippen molar-refractivity contribution in [3.8, 4) is 5.75 Å². The van der Waals surface area contributed by atoms with Crippen molar-refractivity contribution in [2.45, 2.75) is 44.9 Å². The van der Waals surface area contributed by atoms with E-state index >= 15 is 0 Å². The summed E-state index contributed by atoms with van der Waals surface area (Å²) < 4.78 is 13.3. The molecule has 2 atom stereocenters. The topological polar surface area (TPSA) is 68.5 Å². The summed E-state index contributed by atoms with van der Waals surface area (Å²) in [5.74, 6) is 1.90. The molecule has 3 heterocycles. The second-order valence-corrected chi connectivity index (χ2v) is 7.47. The van der Waals surface area contributed by atoms with Crippen LogP contribution in [-0.4, -0.2) is 71.1 Å². The predicted octanol–water partition coefficient (Wildman–Crippen LogP) is 2.13. The lowest BCUT2D eigenvalue weighted by Crippen LogP contribution is -2.48. The van der Waals surface area contributed by atoms with Crippen LogP contribution >= 0.6 is 0 Å². The molecule has 0 N–H and O–H groups in total. The lowest BCUT2D eigenvalue weighted by Gasteiger charge is -2.39. The molecule has 2 saturated heterocycles. The van der Waals surface area contributed by atoms with Gasteiger partial charge in [0.2, 0.25) is 0 Å². The van der Waals surface area contributed by atoms with E-state index in [4.69, 9.17) is 9.47 Å². The molecule has 28 heavy (non-hydrogen) atoms. The third-order valence-corrected chi connectivity index (χ3v) is 5.83. The molecule has 2 aliphatic heterocycles. The zero-order valence-corrected chi connectivity index (χ0v) is 16.8. The predicted molar refractivity (Wildman–Crippen MR) is 107 cm³/mol. The summed E-state index contributed by atoms with van der Waals surface area (Å²) >= 11 is 0. The zero-order chi connectivity index (χ0) is 19.3. The Morgan fingerprint density at radius 1 is 1.21 bits per heavy atom. The summed E-state index contributed by atoms with van der Waals surface area (Å²) in [6, 6.07) is 8.47. The molecule has 4 rings (SSSR count). The summed E-state index contributed by atoms with van der Waals surface area (Å²) in [6.45, 7) is 7.69. The summed E-state index contributed by atoms with van der Waals surface area (Å²) in [5.41, 5.74) is 1.17. The van der Waals surface area contributed by atoms with Gasteiger partial charge in [-0.05, 0) is 41.8 Å². The van der Waals surface area contributed by atoms with E-state index in [0.717, 1.165) is 70.2 Å². The van der Waals surface area contributed by atoms with Crippen molar-refractivity contribution in [1.29, 1.82) is 0 Å². The molecular formula is C20H30N6O2. The normalized spacial score (nSPS) is 21.8. The Morgan fingerprint density at radius 3 is 2.75 bits per heavy atom. The van der Waals surface area contributed by atoms with E-state index in [1.165, 1.54) is 5.69 Å². The quantitative estimate of drug-likeness (QED) is 0.722. The van der Waals surface area contributed by atoms with Gasteiger partial charge in [0.05, 0.1) is 31.5 Å². The molecule has 0 unspecified atom stereocenters. The molecule has 2 aliphatic rings. The van der Waals surface area contributed by atoms with E-state index in [2.05, 4.69) is 44.4 Å². The number of rotatable bonds is 7. The van der Waals surface area contributed by atoms with Crippen LogP contribution in [0.1, 0.15) is 38.1 Å². The first-order chi connectivity index (χ1) is 13.8. The third kappa shape index (κ3) is 3.98. The fourth-order valence-electron chi connectivity index (χ4n) is 4.33. The maximum atomic E-state index is 5.78. The standard InChI is InChI=1S/C20H30N6O2/c1-3-17(20-21-22-23-26(20)15-16-7-6-14-28-16)24-10-12-25(13-11-24)18-8-4-5-9-19(18)27-2/h4-5,8-9,16-17H,3,6-7,10-15H2,1-2H3/t16-,17-/m1/s1.